The first kappa shape index (κ1) is 25.8. The van der Waals surface area contributed by atoms with Crippen LogP contribution in [0.25, 0.3) is 0 Å². The average molecular weight is 476 g/mol. The highest BCUT2D eigenvalue weighted by Gasteiger charge is 2.13. The second-order valence-corrected chi connectivity index (χ2v) is 7.82. The molecule has 3 aromatic rings. The maximum Gasteiger partial charge on any atom is 0.259 e. The third kappa shape index (κ3) is 8.15. The van der Waals surface area contributed by atoms with Gasteiger partial charge in [0.05, 0.1) is 5.56 Å². The molecule has 0 aromatic heterocycles. The highest BCUT2D eigenvalue weighted by atomic mass is 16.5. The van der Waals surface area contributed by atoms with Crippen LogP contribution in [0.4, 0.5) is 5.69 Å². The van der Waals surface area contributed by atoms with Crippen molar-refractivity contribution in [3.63, 3.8) is 0 Å². The van der Waals surface area contributed by atoms with E-state index in [2.05, 4.69) is 29.4 Å². The number of amides is 2. The molecule has 7 heteroatoms. The van der Waals surface area contributed by atoms with E-state index in [1.807, 2.05) is 36.4 Å². The van der Waals surface area contributed by atoms with Gasteiger partial charge in [0.15, 0.2) is 0 Å². The van der Waals surface area contributed by atoms with E-state index in [0.29, 0.717) is 42.3 Å². The van der Waals surface area contributed by atoms with Crippen molar-refractivity contribution in [2.24, 2.45) is 0 Å². The molecule has 0 unspecified atom stereocenters. The Morgan fingerprint density at radius 3 is 2.14 bits per heavy atom. The van der Waals surface area contributed by atoms with Gasteiger partial charge in [-0.3, -0.25) is 9.59 Å². The molecule has 35 heavy (non-hydrogen) atoms. The van der Waals surface area contributed by atoms with Gasteiger partial charge in [-0.25, -0.2) is 0 Å². The molecular weight excluding hydrogens is 442 g/mol. The van der Waals surface area contributed by atoms with E-state index in [-0.39, 0.29) is 11.8 Å². The first-order chi connectivity index (χ1) is 17.1. The van der Waals surface area contributed by atoms with E-state index in [1.165, 1.54) is 0 Å². The van der Waals surface area contributed by atoms with Gasteiger partial charge < -0.3 is 25.0 Å². The van der Waals surface area contributed by atoms with Crippen molar-refractivity contribution in [1.82, 2.24) is 10.2 Å². The lowest BCUT2D eigenvalue weighted by Gasteiger charge is -2.18. The molecule has 0 fully saturated rings. The van der Waals surface area contributed by atoms with Crippen molar-refractivity contribution >= 4 is 17.5 Å². The molecule has 3 rings (SSSR count). The molecule has 0 atom stereocenters. The van der Waals surface area contributed by atoms with Gasteiger partial charge in [-0.2, -0.15) is 0 Å². The van der Waals surface area contributed by atoms with Crippen molar-refractivity contribution < 1.29 is 19.1 Å². The largest absolute Gasteiger partial charge is 0.490 e. The van der Waals surface area contributed by atoms with Gasteiger partial charge in [0.1, 0.15) is 24.7 Å². The molecule has 184 valence electrons. The maximum absolute atomic E-state index is 12.9. The van der Waals surface area contributed by atoms with Crippen molar-refractivity contribution in [3.8, 4) is 11.5 Å². The van der Waals surface area contributed by atoms with Crippen LogP contribution >= 0.6 is 0 Å². The minimum absolute atomic E-state index is 0.133. The standard InChI is InChI=1S/C28H33N3O4/c1-3-31(4-2)19-18-29-27(32)22-14-16-23(17-15-22)30-28(33)25-12-8-9-13-26(25)35-21-20-34-24-10-6-5-7-11-24/h5-17H,3-4,18-21H2,1-2H3,(H,29,32)(H,30,33). The van der Waals surface area contributed by atoms with Crippen LogP contribution in [0, 0.1) is 0 Å². The summed E-state index contributed by atoms with van der Waals surface area (Å²) in [4.78, 5) is 27.5. The van der Waals surface area contributed by atoms with Crippen LogP contribution in [0.1, 0.15) is 34.6 Å². The molecule has 0 aliphatic rings. The zero-order valence-electron chi connectivity index (χ0n) is 20.3. The van der Waals surface area contributed by atoms with Crippen molar-refractivity contribution in [3.05, 3.63) is 90.0 Å². The second kappa shape index (κ2) is 13.8. The summed E-state index contributed by atoms with van der Waals surface area (Å²) >= 11 is 0. The van der Waals surface area contributed by atoms with Gasteiger partial charge in [-0.15, -0.1) is 0 Å². The van der Waals surface area contributed by atoms with Crippen LogP contribution in [-0.2, 0) is 0 Å². The Balaban J connectivity index is 1.50. The predicted octanol–water partition coefficient (Wildman–Crippen LogP) is 4.47. The number of carbonyl (C=O) groups excluding carboxylic acids is 2. The number of nitrogens with one attached hydrogen (secondary N) is 2. The molecule has 0 aliphatic carbocycles. The van der Waals surface area contributed by atoms with Crippen molar-refractivity contribution in [1.29, 1.82) is 0 Å². The molecule has 2 amide bonds. The Labute approximate surface area is 207 Å². The molecule has 0 heterocycles. The fourth-order valence-electron chi connectivity index (χ4n) is 3.48. The Morgan fingerprint density at radius 2 is 1.43 bits per heavy atom. The summed E-state index contributed by atoms with van der Waals surface area (Å²) < 4.78 is 11.4. The summed E-state index contributed by atoms with van der Waals surface area (Å²) in [6, 6.07) is 23.4. The summed E-state index contributed by atoms with van der Waals surface area (Å²) in [7, 11) is 0. The molecule has 0 saturated carbocycles. The molecule has 0 aliphatic heterocycles. The normalized spacial score (nSPS) is 10.6. The van der Waals surface area contributed by atoms with Crippen LogP contribution in [0.5, 0.6) is 11.5 Å². The van der Waals surface area contributed by atoms with Gasteiger partial charge in [0, 0.05) is 24.3 Å². The quantitative estimate of drug-likeness (QED) is 0.357. The molecule has 2 N–H and O–H groups in total. The van der Waals surface area contributed by atoms with E-state index in [0.717, 1.165) is 25.4 Å². The van der Waals surface area contributed by atoms with E-state index in [1.54, 1.807) is 42.5 Å². The lowest BCUT2D eigenvalue weighted by atomic mass is 10.1. The van der Waals surface area contributed by atoms with Gasteiger partial charge >= 0.3 is 0 Å². The van der Waals surface area contributed by atoms with Crippen LogP contribution in [-0.4, -0.2) is 56.1 Å². The van der Waals surface area contributed by atoms with Gasteiger partial charge in [0.25, 0.3) is 11.8 Å². The number of nitrogens with zero attached hydrogens (tertiary/aromatic N) is 1. The van der Waals surface area contributed by atoms with E-state index < -0.39 is 0 Å². The van der Waals surface area contributed by atoms with Crippen LogP contribution in [0.3, 0.4) is 0 Å². The molecular formula is C28H33N3O4. The minimum Gasteiger partial charge on any atom is -0.490 e. The smallest absolute Gasteiger partial charge is 0.259 e. The molecule has 7 nitrogen and oxygen atoms in total. The fraction of sp³-hybridized carbons (Fsp3) is 0.286. The Morgan fingerprint density at radius 1 is 0.771 bits per heavy atom. The number of anilines is 1. The number of likely N-dealkylation sites (N-methyl/N-ethyl adjacent to an activating group) is 1. The number of benzene rings is 3. The lowest BCUT2D eigenvalue weighted by molar-refractivity contribution is 0.0948. The molecule has 0 radical (unpaired) electrons. The number of hydrogen-bond donors (Lipinski definition) is 2. The molecule has 0 saturated heterocycles. The summed E-state index contributed by atoms with van der Waals surface area (Å²) in [5.41, 5.74) is 1.56. The topological polar surface area (TPSA) is 79.9 Å². The minimum atomic E-state index is -0.291. The molecule has 3 aromatic carbocycles. The van der Waals surface area contributed by atoms with E-state index in [9.17, 15) is 9.59 Å². The second-order valence-electron chi connectivity index (χ2n) is 7.82. The highest BCUT2D eigenvalue weighted by molar-refractivity contribution is 6.06. The van der Waals surface area contributed by atoms with Crippen LogP contribution < -0.4 is 20.1 Å². The lowest BCUT2D eigenvalue weighted by Crippen LogP contribution is -2.34. The first-order valence-corrected chi connectivity index (χ1v) is 11.9. The fourth-order valence-corrected chi connectivity index (χ4v) is 3.48. The summed E-state index contributed by atoms with van der Waals surface area (Å²) in [6.07, 6.45) is 0. The number of ether oxygens (including phenoxy) is 2. The van der Waals surface area contributed by atoms with E-state index >= 15 is 0 Å². The van der Waals surface area contributed by atoms with E-state index in [4.69, 9.17) is 9.47 Å². The summed E-state index contributed by atoms with van der Waals surface area (Å²) in [6.45, 7) is 8.17. The SMILES string of the molecule is CCN(CC)CCNC(=O)c1ccc(NC(=O)c2ccccc2OCCOc2ccccc2)cc1. The average Bonchev–Trinajstić information content (AvgIpc) is 2.90. The maximum atomic E-state index is 12.9. The highest BCUT2D eigenvalue weighted by Crippen LogP contribution is 2.20. The Bertz CT molecular complexity index is 1070. The van der Waals surface area contributed by atoms with Gasteiger partial charge in [-0.05, 0) is 61.6 Å². The Kier molecular flexibility index (Phi) is 10.1. The predicted molar refractivity (Wildman–Crippen MR) is 138 cm³/mol. The third-order valence-corrected chi connectivity index (χ3v) is 5.50. The zero-order chi connectivity index (χ0) is 24.9. The van der Waals surface area contributed by atoms with Gasteiger partial charge in [0.2, 0.25) is 0 Å². The number of para-hydroxylation sites is 2. The van der Waals surface area contributed by atoms with Gasteiger partial charge in [-0.1, -0.05) is 44.2 Å². The van der Waals surface area contributed by atoms with Crippen LogP contribution in [0.15, 0.2) is 78.9 Å². The molecule has 0 spiro atoms. The molecule has 0 bridgehead atoms. The summed E-state index contributed by atoms with van der Waals surface area (Å²) in [5.74, 6) is 0.821. The zero-order valence-corrected chi connectivity index (χ0v) is 20.3. The summed E-state index contributed by atoms with van der Waals surface area (Å²) in [5, 5.41) is 5.80. The van der Waals surface area contributed by atoms with Crippen molar-refractivity contribution in [2.75, 3.05) is 44.7 Å². The number of rotatable bonds is 13. The Hall–Kier alpha value is -3.84. The number of hydrogen-bond acceptors (Lipinski definition) is 5. The number of carbonyl (C=O) groups is 2. The van der Waals surface area contributed by atoms with Crippen molar-refractivity contribution in [2.45, 2.75) is 13.8 Å². The van der Waals surface area contributed by atoms with Crippen LogP contribution in [0.2, 0.25) is 0 Å². The first-order valence-electron chi connectivity index (χ1n) is 11.9. The third-order valence-electron chi connectivity index (χ3n) is 5.50. The monoisotopic (exact) mass is 475 g/mol.